The van der Waals surface area contributed by atoms with Crippen molar-refractivity contribution in [2.75, 3.05) is 11.9 Å². The lowest BCUT2D eigenvalue weighted by molar-refractivity contribution is 0.288. The molecule has 106 valence electrons. The number of aromatic hydroxyl groups is 1. The van der Waals surface area contributed by atoms with E-state index in [2.05, 4.69) is 33.4 Å². The molecule has 0 bridgehead atoms. The third-order valence-corrected chi connectivity index (χ3v) is 3.57. The van der Waals surface area contributed by atoms with Crippen molar-refractivity contribution in [3.63, 3.8) is 0 Å². The Labute approximate surface area is 127 Å². The monoisotopic (exact) mass is 335 g/mol. The Balaban J connectivity index is 2.01. The second-order valence-electron chi connectivity index (χ2n) is 4.65. The minimum absolute atomic E-state index is 0.212. The van der Waals surface area contributed by atoms with Gasteiger partial charge in [-0.05, 0) is 48.7 Å². The quantitative estimate of drug-likeness (QED) is 0.754. The summed E-state index contributed by atoms with van der Waals surface area (Å²) in [6, 6.07) is 13.5. The Hall–Kier alpha value is -1.52. The van der Waals surface area contributed by atoms with E-state index >= 15 is 0 Å². The van der Waals surface area contributed by atoms with Gasteiger partial charge in [0.2, 0.25) is 0 Å². The Morgan fingerprint density at radius 1 is 1.10 bits per heavy atom. The molecule has 3 nitrogen and oxygen atoms in total. The third-order valence-electron chi connectivity index (χ3n) is 3.08. The molecule has 0 fully saturated rings. The largest absolute Gasteiger partial charge is 0.508 e. The molecule has 0 atom stereocenters. The van der Waals surface area contributed by atoms with Gasteiger partial charge in [0.15, 0.2) is 0 Å². The summed E-state index contributed by atoms with van der Waals surface area (Å²) in [6.45, 7) is 0.776. The predicted octanol–water partition coefficient (Wildman–Crippen LogP) is 3.69. The van der Waals surface area contributed by atoms with E-state index in [4.69, 9.17) is 5.11 Å². The molecule has 0 unspecified atom stereocenters. The number of phenolic OH excluding ortho intramolecular Hbond substituents is 1. The average Bonchev–Trinajstić information content (AvgIpc) is 2.46. The molecule has 0 aliphatic rings. The summed E-state index contributed by atoms with van der Waals surface area (Å²) in [5, 5.41) is 22.0. The van der Waals surface area contributed by atoms with E-state index in [-0.39, 0.29) is 12.4 Å². The third kappa shape index (κ3) is 4.25. The van der Waals surface area contributed by atoms with Gasteiger partial charge in [-0.15, -0.1) is 0 Å². The number of aliphatic hydroxyl groups is 1. The van der Waals surface area contributed by atoms with Gasteiger partial charge in [0, 0.05) is 28.9 Å². The lowest BCUT2D eigenvalue weighted by atomic mass is 10.1. The second kappa shape index (κ2) is 7.31. The van der Waals surface area contributed by atoms with Crippen LogP contribution in [0.1, 0.15) is 17.5 Å². The summed E-state index contributed by atoms with van der Waals surface area (Å²) in [5.41, 5.74) is 3.06. The van der Waals surface area contributed by atoms with E-state index in [1.54, 1.807) is 6.07 Å². The van der Waals surface area contributed by atoms with Gasteiger partial charge >= 0.3 is 0 Å². The number of phenols is 1. The van der Waals surface area contributed by atoms with Crippen LogP contribution in [0, 0.1) is 0 Å². The maximum Gasteiger partial charge on any atom is 0.120 e. The van der Waals surface area contributed by atoms with Crippen LogP contribution >= 0.6 is 15.9 Å². The lowest BCUT2D eigenvalue weighted by Crippen LogP contribution is -2.00. The van der Waals surface area contributed by atoms with Crippen LogP contribution in [-0.4, -0.2) is 16.8 Å². The number of hydrogen-bond donors (Lipinski definition) is 3. The summed E-state index contributed by atoms with van der Waals surface area (Å²) >= 11 is 3.40. The van der Waals surface area contributed by atoms with Gasteiger partial charge < -0.3 is 15.5 Å². The fraction of sp³-hybridized carbons (Fsp3) is 0.250. The summed E-state index contributed by atoms with van der Waals surface area (Å²) < 4.78 is 0.948. The molecular formula is C16H18BrNO2. The van der Waals surface area contributed by atoms with Gasteiger partial charge in [-0.3, -0.25) is 0 Å². The van der Waals surface area contributed by atoms with E-state index < -0.39 is 0 Å². The van der Waals surface area contributed by atoms with Gasteiger partial charge in [-0.2, -0.15) is 0 Å². The van der Waals surface area contributed by atoms with Crippen molar-refractivity contribution in [3.05, 3.63) is 58.1 Å². The Morgan fingerprint density at radius 2 is 1.95 bits per heavy atom. The zero-order valence-electron chi connectivity index (χ0n) is 11.1. The maximum atomic E-state index is 9.80. The van der Waals surface area contributed by atoms with Crippen molar-refractivity contribution in [1.29, 1.82) is 0 Å². The molecule has 0 amide bonds. The molecule has 0 spiro atoms. The molecule has 2 aromatic rings. The molecule has 0 aliphatic carbocycles. The fourth-order valence-electron chi connectivity index (χ4n) is 2.01. The van der Waals surface area contributed by atoms with Crippen LogP contribution in [0.4, 0.5) is 5.69 Å². The number of anilines is 1. The van der Waals surface area contributed by atoms with E-state index in [1.807, 2.05) is 24.3 Å². The first-order valence-corrected chi connectivity index (χ1v) is 7.39. The minimum atomic E-state index is 0.212. The lowest BCUT2D eigenvalue weighted by Gasteiger charge is -2.10. The molecule has 0 aromatic heterocycles. The zero-order valence-corrected chi connectivity index (χ0v) is 12.7. The average molecular weight is 336 g/mol. The standard InChI is InChI=1S/C16H18BrNO2/c17-14-6-7-16(20)13(10-14)11-18-15-5-1-3-12(9-15)4-2-8-19/h1,3,5-7,9-10,18-20H,2,4,8,11H2. The topological polar surface area (TPSA) is 52.5 Å². The number of aliphatic hydroxyl groups excluding tert-OH is 1. The van der Waals surface area contributed by atoms with Crippen LogP contribution in [0.2, 0.25) is 0 Å². The number of benzene rings is 2. The van der Waals surface area contributed by atoms with Gasteiger partial charge in [-0.25, -0.2) is 0 Å². The second-order valence-corrected chi connectivity index (χ2v) is 5.57. The van der Waals surface area contributed by atoms with Gasteiger partial charge in [0.1, 0.15) is 5.75 Å². The normalized spacial score (nSPS) is 10.5. The number of rotatable bonds is 6. The SMILES string of the molecule is OCCCc1cccc(NCc2cc(Br)ccc2O)c1. The molecule has 0 aliphatic heterocycles. The number of nitrogens with one attached hydrogen (secondary N) is 1. The Kier molecular flexibility index (Phi) is 5.44. The zero-order chi connectivity index (χ0) is 14.4. The highest BCUT2D eigenvalue weighted by Crippen LogP contribution is 2.23. The molecule has 3 N–H and O–H groups in total. The summed E-state index contributed by atoms with van der Waals surface area (Å²) in [5.74, 6) is 0.289. The molecule has 20 heavy (non-hydrogen) atoms. The fourth-order valence-corrected chi connectivity index (χ4v) is 2.42. The molecule has 0 heterocycles. The van der Waals surface area contributed by atoms with Crippen molar-refractivity contribution < 1.29 is 10.2 Å². The van der Waals surface area contributed by atoms with E-state index in [1.165, 1.54) is 5.56 Å². The first-order chi connectivity index (χ1) is 9.69. The van der Waals surface area contributed by atoms with Crippen LogP contribution < -0.4 is 5.32 Å². The first kappa shape index (κ1) is 14.9. The van der Waals surface area contributed by atoms with E-state index in [0.717, 1.165) is 28.6 Å². The summed E-state index contributed by atoms with van der Waals surface area (Å²) in [6.07, 6.45) is 1.64. The Morgan fingerprint density at radius 3 is 2.75 bits per heavy atom. The minimum Gasteiger partial charge on any atom is -0.508 e. The molecular weight excluding hydrogens is 318 g/mol. The highest BCUT2D eigenvalue weighted by molar-refractivity contribution is 9.10. The van der Waals surface area contributed by atoms with Gasteiger partial charge in [0.05, 0.1) is 0 Å². The van der Waals surface area contributed by atoms with Crippen LogP contribution in [0.25, 0.3) is 0 Å². The van der Waals surface area contributed by atoms with Crippen molar-refractivity contribution in [2.24, 2.45) is 0 Å². The van der Waals surface area contributed by atoms with Crippen LogP contribution in [-0.2, 0) is 13.0 Å². The van der Waals surface area contributed by atoms with Crippen LogP contribution in [0.15, 0.2) is 46.9 Å². The van der Waals surface area contributed by atoms with Crippen molar-refractivity contribution in [1.82, 2.24) is 0 Å². The summed E-state index contributed by atoms with van der Waals surface area (Å²) in [4.78, 5) is 0. The van der Waals surface area contributed by atoms with Gasteiger partial charge in [0.25, 0.3) is 0 Å². The first-order valence-electron chi connectivity index (χ1n) is 6.60. The van der Waals surface area contributed by atoms with E-state index in [0.29, 0.717) is 6.54 Å². The highest BCUT2D eigenvalue weighted by Gasteiger charge is 2.02. The van der Waals surface area contributed by atoms with E-state index in [9.17, 15) is 5.11 Å². The molecule has 2 aromatic carbocycles. The molecule has 0 saturated heterocycles. The predicted molar refractivity (Wildman–Crippen MR) is 85.0 cm³/mol. The Bertz CT molecular complexity index is 572. The van der Waals surface area contributed by atoms with Crippen molar-refractivity contribution in [3.8, 4) is 5.75 Å². The molecule has 4 heteroatoms. The molecule has 2 rings (SSSR count). The van der Waals surface area contributed by atoms with Crippen molar-refractivity contribution >= 4 is 21.6 Å². The number of halogens is 1. The highest BCUT2D eigenvalue weighted by atomic mass is 79.9. The molecule has 0 saturated carbocycles. The number of aryl methyl sites for hydroxylation is 1. The molecule has 0 radical (unpaired) electrons. The smallest absolute Gasteiger partial charge is 0.120 e. The van der Waals surface area contributed by atoms with Crippen molar-refractivity contribution in [2.45, 2.75) is 19.4 Å². The maximum absolute atomic E-state index is 9.80. The summed E-state index contributed by atoms with van der Waals surface area (Å²) in [7, 11) is 0. The number of hydrogen-bond acceptors (Lipinski definition) is 3. The van der Waals surface area contributed by atoms with Crippen LogP contribution in [0.3, 0.4) is 0 Å². The van der Waals surface area contributed by atoms with Crippen LogP contribution in [0.5, 0.6) is 5.75 Å². The van der Waals surface area contributed by atoms with Gasteiger partial charge in [-0.1, -0.05) is 28.1 Å².